The topological polar surface area (TPSA) is 97.7 Å². The van der Waals surface area contributed by atoms with Crippen LogP contribution in [0.3, 0.4) is 0 Å². The van der Waals surface area contributed by atoms with Crippen LogP contribution < -0.4 is 10.1 Å². The number of nitrogens with zero attached hydrogens (tertiary/aromatic N) is 4. The molecule has 1 aliphatic rings. The third kappa shape index (κ3) is 5.78. The Labute approximate surface area is 254 Å². The molecule has 0 bridgehead atoms. The number of amides is 1. The predicted molar refractivity (Wildman–Crippen MR) is 165 cm³/mol. The predicted octanol–water partition coefficient (Wildman–Crippen LogP) is 7.12. The van der Waals surface area contributed by atoms with E-state index in [0.717, 1.165) is 39.1 Å². The van der Waals surface area contributed by atoms with Gasteiger partial charge in [0, 0.05) is 52.6 Å². The Morgan fingerprint density at radius 3 is 2.50 bits per heavy atom. The Hall–Kier alpha value is -4.14. The first-order valence-corrected chi connectivity index (χ1v) is 14.4. The number of benzene rings is 2. The zero-order chi connectivity index (χ0) is 29.6. The highest BCUT2D eigenvalue weighted by Gasteiger charge is 2.37. The van der Waals surface area contributed by atoms with Crippen molar-refractivity contribution >= 4 is 29.1 Å². The number of carbonyl (C=O) groups is 1. The third-order valence-corrected chi connectivity index (χ3v) is 7.88. The zero-order valence-electron chi connectivity index (χ0n) is 23.7. The highest BCUT2D eigenvalue weighted by atomic mass is 35.5. The van der Waals surface area contributed by atoms with Gasteiger partial charge in [-0.2, -0.15) is 10.2 Å². The minimum atomic E-state index is -0.562. The van der Waals surface area contributed by atoms with E-state index in [2.05, 4.69) is 20.6 Å². The lowest BCUT2D eigenvalue weighted by atomic mass is 9.88. The maximum absolute atomic E-state index is 13.1. The Morgan fingerprint density at radius 2 is 1.83 bits per heavy atom. The number of halogens is 2. The van der Waals surface area contributed by atoms with E-state index in [0.29, 0.717) is 33.7 Å². The molecule has 0 saturated heterocycles. The van der Waals surface area contributed by atoms with Crippen LogP contribution in [0, 0.1) is 6.92 Å². The number of H-pyrrole nitrogens is 1. The van der Waals surface area contributed by atoms with Crippen molar-refractivity contribution in [3.05, 3.63) is 94.0 Å². The fourth-order valence-electron chi connectivity index (χ4n) is 5.36. The van der Waals surface area contributed by atoms with Crippen molar-refractivity contribution in [2.24, 2.45) is 7.05 Å². The number of hydrogen-bond donors (Lipinski definition) is 2. The lowest BCUT2D eigenvalue weighted by molar-refractivity contribution is -0.121. The van der Waals surface area contributed by atoms with Crippen LogP contribution in [0.1, 0.15) is 43.3 Å². The maximum Gasteiger partial charge on any atom is 0.226 e. The van der Waals surface area contributed by atoms with Crippen LogP contribution in [0.4, 0.5) is 0 Å². The van der Waals surface area contributed by atoms with Gasteiger partial charge in [0.2, 0.25) is 11.8 Å². The molecule has 10 heteroatoms. The summed E-state index contributed by atoms with van der Waals surface area (Å²) in [7, 11) is 1.88. The summed E-state index contributed by atoms with van der Waals surface area (Å²) in [5, 5.41) is 15.8. The van der Waals surface area contributed by atoms with Gasteiger partial charge in [0.05, 0.1) is 35.1 Å². The van der Waals surface area contributed by atoms with Crippen molar-refractivity contribution in [3.63, 3.8) is 0 Å². The van der Waals surface area contributed by atoms with Crippen LogP contribution >= 0.6 is 23.2 Å². The van der Waals surface area contributed by atoms with Crippen molar-refractivity contribution in [1.82, 2.24) is 30.3 Å². The summed E-state index contributed by atoms with van der Waals surface area (Å²) < 4.78 is 8.16. The second kappa shape index (κ2) is 10.9. The molecule has 42 heavy (non-hydrogen) atoms. The molecule has 0 saturated carbocycles. The molecule has 0 radical (unpaired) electrons. The smallest absolute Gasteiger partial charge is 0.226 e. The van der Waals surface area contributed by atoms with Crippen LogP contribution in [-0.2, 0) is 18.3 Å². The van der Waals surface area contributed by atoms with Crippen LogP contribution in [-0.4, -0.2) is 36.5 Å². The lowest BCUT2D eigenvalue weighted by Gasteiger charge is -2.37. The highest BCUT2D eigenvalue weighted by molar-refractivity contribution is 6.33. The summed E-state index contributed by atoms with van der Waals surface area (Å²) >= 11 is 13.2. The van der Waals surface area contributed by atoms with Gasteiger partial charge in [-0.25, -0.2) is 4.98 Å². The van der Waals surface area contributed by atoms with Crippen LogP contribution in [0.2, 0.25) is 10.0 Å². The number of pyridine rings is 1. The lowest BCUT2D eigenvalue weighted by Crippen LogP contribution is -2.42. The number of hydrogen-bond acceptors (Lipinski definition) is 5. The Balaban J connectivity index is 1.44. The summed E-state index contributed by atoms with van der Waals surface area (Å²) in [6.07, 6.45) is 4.50. The first kappa shape index (κ1) is 28.0. The molecule has 0 aliphatic carbocycles. The second-order valence-electron chi connectivity index (χ2n) is 11.3. The fraction of sp³-hybridized carbons (Fsp3) is 0.250. The van der Waals surface area contributed by atoms with Crippen LogP contribution in [0.15, 0.2) is 67.0 Å². The standard InChI is InChI=1S/C32H30Cl2N6O2/c1-18-11-23(39-38-18)13-29(41)36-28-15-32(2,3)42-31-26(28)14-25(19-5-8-22(33)9-6-19)30(37-31)24-10-7-20(12-27(24)34)21-16-35-40(4)17-21/h5-12,14,16-17,28H,13,15H2,1-4H3,(H,36,41)(H,38,39)/t28-/m1/s1. The zero-order valence-corrected chi connectivity index (χ0v) is 25.2. The quantitative estimate of drug-likeness (QED) is 0.216. The van der Waals surface area contributed by atoms with E-state index in [4.69, 9.17) is 32.9 Å². The molecule has 6 rings (SSSR count). The molecule has 2 N–H and O–H groups in total. The van der Waals surface area contributed by atoms with Crippen molar-refractivity contribution in [1.29, 1.82) is 0 Å². The number of carbonyl (C=O) groups excluding carboxylic acids is 1. The third-order valence-electron chi connectivity index (χ3n) is 7.31. The van der Waals surface area contributed by atoms with Gasteiger partial charge in [-0.3, -0.25) is 14.6 Å². The summed E-state index contributed by atoms with van der Waals surface area (Å²) in [4.78, 5) is 18.2. The van der Waals surface area contributed by atoms with Gasteiger partial charge in [0.1, 0.15) is 5.60 Å². The van der Waals surface area contributed by atoms with E-state index >= 15 is 0 Å². The Bertz CT molecular complexity index is 1790. The Morgan fingerprint density at radius 1 is 1.07 bits per heavy atom. The van der Waals surface area contributed by atoms with Crippen molar-refractivity contribution in [3.8, 4) is 39.4 Å². The van der Waals surface area contributed by atoms with Gasteiger partial charge in [-0.05, 0) is 62.2 Å². The van der Waals surface area contributed by atoms with Crippen LogP contribution in [0.25, 0.3) is 33.5 Å². The number of nitrogens with one attached hydrogen (secondary N) is 2. The molecule has 0 fully saturated rings. The molecule has 4 heterocycles. The molecule has 1 atom stereocenters. The van der Waals surface area contributed by atoms with Gasteiger partial charge >= 0.3 is 0 Å². The molecule has 1 amide bonds. The van der Waals surface area contributed by atoms with Gasteiger partial charge in [0.25, 0.3) is 0 Å². The molecule has 8 nitrogen and oxygen atoms in total. The van der Waals surface area contributed by atoms with E-state index in [1.165, 1.54) is 0 Å². The maximum atomic E-state index is 13.1. The van der Waals surface area contributed by atoms with E-state index < -0.39 is 5.60 Å². The van der Waals surface area contributed by atoms with E-state index in [-0.39, 0.29) is 18.4 Å². The molecular weight excluding hydrogens is 571 g/mol. The number of aromatic nitrogens is 5. The molecule has 5 aromatic rings. The number of fused-ring (bicyclic) bond motifs is 1. The molecule has 0 unspecified atom stereocenters. The monoisotopic (exact) mass is 600 g/mol. The van der Waals surface area contributed by atoms with E-state index in [9.17, 15) is 4.79 Å². The number of aryl methyl sites for hydroxylation is 2. The van der Waals surface area contributed by atoms with Crippen molar-refractivity contribution in [2.45, 2.75) is 45.3 Å². The highest BCUT2D eigenvalue weighted by Crippen LogP contribution is 2.45. The van der Waals surface area contributed by atoms with Crippen molar-refractivity contribution in [2.75, 3.05) is 0 Å². The SMILES string of the molecule is Cc1cc(CC(=O)N[C@@H]2CC(C)(C)Oc3nc(-c4ccc(-c5cnn(C)c5)cc4Cl)c(-c4ccc(Cl)cc4)cc32)n[nH]1. The summed E-state index contributed by atoms with van der Waals surface area (Å²) in [6.45, 7) is 5.90. The molecule has 214 valence electrons. The fourth-order valence-corrected chi connectivity index (χ4v) is 5.76. The Kier molecular flexibility index (Phi) is 7.29. The summed E-state index contributed by atoms with van der Waals surface area (Å²) in [6, 6.07) is 17.1. The van der Waals surface area contributed by atoms with Crippen LogP contribution in [0.5, 0.6) is 5.88 Å². The van der Waals surface area contributed by atoms with E-state index in [1.807, 2.05) is 88.6 Å². The van der Waals surface area contributed by atoms with Crippen molar-refractivity contribution < 1.29 is 9.53 Å². The van der Waals surface area contributed by atoms with Gasteiger partial charge < -0.3 is 10.1 Å². The summed E-state index contributed by atoms with van der Waals surface area (Å²) in [5.41, 5.74) is 6.97. The minimum absolute atomic E-state index is 0.124. The largest absolute Gasteiger partial charge is 0.471 e. The molecule has 2 aromatic carbocycles. The number of rotatable bonds is 6. The molecular formula is C32H30Cl2N6O2. The van der Waals surface area contributed by atoms with Gasteiger partial charge in [-0.1, -0.05) is 47.5 Å². The normalized spacial score (nSPS) is 15.6. The second-order valence-corrected chi connectivity index (χ2v) is 12.1. The molecule has 3 aromatic heterocycles. The first-order valence-electron chi connectivity index (χ1n) is 13.6. The van der Waals surface area contributed by atoms with Gasteiger partial charge in [-0.15, -0.1) is 0 Å². The minimum Gasteiger partial charge on any atom is -0.471 e. The van der Waals surface area contributed by atoms with E-state index in [1.54, 1.807) is 10.9 Å². The summed E-state index contributed by atoms with van der Waals surface area (Å²) in [5.74, 6) is 0.341. The number of aromatic amines is 1. The average Bonchev–Trinajstić information content (AvgIpc) is 3.55. The molecule has 0 spiro atoms. The number of ether oxygens (including phenoxy) is 1. The average molecular weight is 602 g/mol. The first-order chi connectivity index (χ1) is 20.0. The van der Waals surface area contributed by atoms with Gasteiger partial charge in [0.15, 0.2) is 0 Å². The molecule has 1 aliphatic heterocycles.